The van der Waals surface area contributed by atoms with E-state index in [0.29, 0.717) is 6.04 Å². The molecular formula is C12H19N. The summed E-state index contributed by atoms with van der Waals surface area (Å²) in [7, 11) is 0. The van der Waals surface area contributed by atoms with Gasteiger partial charge >= 0.3 is 0 Å². The van der Waals surface area contributed by atoms with E-state index in [1.165, 1.54) is 16.8 Å². The Morgan fingerprint density at radius 1 is 1.31 bits per heavy atom. The van der Waals surface area contributed by atoms with Crippen molar-refractivity contribution >= 4 is 5.69 Å². The third kappa shape index (κ3) is 2.76. The zero-order chi connectivity index (χ0) is 9.84. The second kappa shape index (κ2) is 4.31. The molecule has 0 unspecified atom stereocenters. The third-order valence-corrected chi connectivity index (χ3v) is 2.40. The highest BCUT2D eigenvalue weighted by Crippen LogP contribution is 2.17. The van der Waals surface area contributed by atoms with Crippen molar-refractivity contribution in [2.45, 2.75) is 40.2 Å². The van der Waals surface area contributed by atoms with E-state index < -0.39 is 0 Å². The van der Waals surface area contributed by atoms with E-state index in [4.69, 9.17) is 0 Å². The first-order valence-corrected chi connectivity index (χ1v) is 4.97. The maximum absolute atomic E-state index is 3.49. The molecule has 1 aromatic rings. The Morgan fingerprint density at radius 2 is 2.00 bits per heavy atom. The van der Waals surface area contributed by atoms with Crippen LogP contribution >= 0.6 is 0 Å². The van der Waals surface area contributed by atoms with E-state index >= 15 is 0 Å². The van der Waals surface area contributed by atoms with Gasteiger partial charge in [0, 0.05) is 11.7 Å². The van der Waals surface area contributed by atoms with Gasteiger partial charge in [0.05, 0.1) is 0 Å². The minimum atomic E-state index is 0.557. The van der Waals surface area contributed by atoms with E-state index in [0.717, 1.165) is 6.42 Å². The summed E-state index contributed by atoms with van der Waals surface area (Å²) < 4.78 is 0. The fourth-order valence-electron chi connectivity index (χ4n) is 1.34. The number of anilines is 1. The van der Waals surface area contributed by atoms with Gasteiger partial charge in [0.15, 0.2) is 0 Å². The number of nitrogens with one attached hydrogen (secondary N) is 1. The van der Waals surface area contributed by atoms with Gasteiger partial charge in [-0.05, 0) is 38.8 Å². The van der Waals surface area contributed by atoms with E-state index in [1.54, 1.807) is 0 Å². The second-order valence-corrected chi connectivity index (χ2v) is 3.77. The Bertz CT molecular complexity index is 278. The number of benzene rings is 1. The van der Waals surface area contributed by atoms with Gasteiger partial charge in [0.2, 0.25) is 0 Å². The lowest BCUT2D eigenvalue weighted by Crippen LogP contribution is -2.14. The second-order valence-electron chi connectivity index (χ2n) is 3.77. The summed E-state index contributed by atoms with van der Waals surface area (Å²) >= 11 is 0. The van der Waals surface area contributed by atoms with Gasteiger partial charge < -0.3 is 5.32 Å². The minimum absolute atomic E-state index is 0.557. The lowest BCUT2D eigenvalue weighted by atomic mass is 10.1. The summed E-state index contributed by atoms with van der Waals surface area (Å²) in [6.07, 6.45) is 1.16. The van der Waals surface area contributed by atoms with Crippen LogP contribution in [0, 0.1) is 13.8 Å². The average molecular weight is 177 g/mol. The molecule has 0 saturated carbocycles. The zero-order valence-corrected chi connectivity index (χ0v) is 9.02. The van der Waals surface area contributed by atoms with Crippen molar-refractivity contribution in [3.05, 3.63) is 29.3 Å². The molecule has 1 rings (SSSR count). The fraction of sp³-hybridized carbons (Fsp3) is 0.500. The smallest absolute Gasteiger partial charge is 0.0372 e. The number of hydrogen-bond acceptors (Lipinski definition) is 1. The molecule has 0 aliphatic heterocycles. The van der Waals surface area contributed by atoms with Crippen LogP contribution in [0.15, 0.2) is 18.2 Å². The normalized spacial score (nSPS) is 12.6. The monoisotopic (exact) mass is 177 g/mol. The molecule has 0 aliphatic rings. The van der Waals surface area contributed by atoms with Crippen LogP contribution in [0.4, 0.5) is 5.69 Å². The highest BCUT2D eigenvalue weighted by Gasteiger charge is 2.01. The SMILES string of the molecule is CC[C@@H](C)Nc1ccc(C)cc1C. The lowest BCUT2D eigenvalue weighted by molar-refractivity contribution is 0.763. The highest BCUT2D eigenvalue weighted by atomic mass is 14.9. The van der Waals surface area contributed by atoms with Crippen LogP contribution in [0.1, 0.15) is 31.4 Å². The molecule has 0 aromatic heterocycles. The Hall–Kier alpha value is -0.980. The predicted octanol–water partition coefficient (Wildman–Crippen LogP) is 3.51. The summed E-state index contributed by atoms with van der Waals surface area (Å²) in [5.74, 6) is 0. The first kappa shape index (κ1) is 10.1. The average Bonchev–Trinajstić information content (AvgIpc) is 2.09. The molecule has 1 N–H and O–H groups in total. The van der Waals surface area contributed by atoms with Crippen LogP contribution < -0.4 is 5.32 Å². The first-order chi connectivity index (χ1) is 6.13. The third-order valence-electron chi connectivity index (χ3n) is 2.40. The molecule has 1 heteroatoms. The lowest BCUT2D eigenvalue weighted by Gasteiger charge is -2.15. The molecule has 0 aliphatic carbocycles. The van der Waals surface area contributed by atoms with Crippen molar-refractivity contribution in [1.29, 1.82) is 0 Å². The van der Waals surface area contributed by atoms with Crippen LogP contribution in [-0.2, 0) is 0 Å². The molecule has 13 heavy (non-hydrogen) atoms. The van der Waals surface area contributed by atoms with Gasteiger partial charge in [-0.15, -0.1) is 0 Å². The van der Waals surface area contributed by atoms with Crippen molar-refractivity contribution in [2.75, 3.05) is 5.32 Å². The Kier molecular flexibility index (Phi) is 3.35. The van der Waals surface area contributed by atoms with Crippen molar-refractivity contribution in [3.8, 4) is 0 Å². The van der Waals surface area contributed by atoms with Crippen LogP contribution in [-0.4, -0.2) is 6.04 Å². The summed E-state index contributed by atoms with van der Waals surface area (Å²) in [5, 5.41) is 3.49. The number of aryl methyl sites for hydroxylation is 2. The van der Waals surface area contributed by atoms with Crippen LogP contribution in [0.3, 0.4) is 0 Å². The number of hydrogen-bond donors (Lipinski definition) is 1. The standard InChI is InChI=1S/C12H19N/c1-5-11(4)13-12-7-6-9(2)8-10(12)3/h6-8,11,13H,5H2,1-4H3/t11-/m1/s1. The molecule has 0 amide bonds. The van der Waals surface area contributed by atoms with Crippen LogP contribution in [0.5, 0.6) is 0 Å². The first-order valence-electron chi connectivity index (χ1n) is 4.97. The van der Waals surface area contributed by atoms with Crippen molar-refractivity contribution < 1.29 is 0 Å². The minimum Gasteiger partial charge on any atom is -0.382 e. The molecule has 0 spiro atoms. The van der Waals surface area contributed by atoms with Crippen molar-refractivity contribution in [3.63, 3.8) is 0 Å². The van der Waals surface area contributed by atoms with Gasteiger partial charge in [-0.1, -0.05) is 24.6 Å². The Labute approximate surface area is 81.2 Å². The fourth-order valence-corrected chi connectivity index (χ4v) is 1.34. The van der Waals surface area contributed by atoms with Crippen LogP contribution in [0.25, 0.3) is 0 Å². The topological polar surface area (TPSA) is 12.0 Å². The van der Waals surface area contributed by atoms with Gasteiger partial charge in [0.1, 0.15) is 0 Å². The molecule has 0 heterocycles. The van der Waals surface area contributed by atoms with E-state index in [1.807, 2.05) is 0 Å². The molecule has 0 saturated heterocycles. The quantitative estimate of drug-likeness (QED) is 0.745. The Morgan fingerprint density at radius 3 is 2.54 bits per heavy atom. The van der Waals surface area contributed by atoms with E-state index in [-0.39, 0.29) is 0 Å². The molecule has 0 bridgehead atoms. The van der Waals surface area contributed by atoms with Gasteiger partial charge in [-0.3, -0.25) is 0 Å². The van der Waals surface area contributed by atoms with Gasteiger partial charge in [0.25, 0.3) is 0 Å². The van der Waals surface area contributed by atoms with E-state index in [2.05, 4.69) is 51.2 Å². The number of rotatable bonds is 3. The van der Waals surface area contributed by atoms with Crippen molar-refractivity contribution in [2.24, 2.45) is 0 Å². The maximum atomic E-state index is 3.49. The van der Waals surface area contributed by atoms with Crippen molar-refractivity contribution in [1.82, 2.24) is 0 Å². The molecule has 1 nitrogen and oxygen atoms in total. The van der Waals surface area contributed by atoms with Crippen LogP contribution in [0.2, 0.25) is 0 Å². The summed E-state index contributed by atoms with van der Waals surface area (Å²) in [4.78, 5) is 0. The predicted molar refractivity (Wildman–Crippen MR) is 59.3 cm³/mol. The zero-order valence-electron chi connectivity index (χ0n) is 9.02. The molecule has 1 atom stereocenters. The highest BCUT2D eigenvalue weighted by molar-refractivity contribution is 5.52. The maximum Gasteiger partial charge on any atom is 0.0372 e. The summed E-state index contributed by atoms with van der Waals surface area (Å²) in [6, 6.07) is 7.08. The largest absolute Gasteiger partial charge is 0.382 e. The summed E-state index contributed by atoms with van der Waals surface area (Å²) in [5.41, 5.74) is 3.92. The molecule has 72 valence electrons. The van der Waals surface area contributed by atoms with Gasteiger partial charge in [-0.2, -0.15) is 0 Å². The van der Waals surface area contributed by atoms with E-state index in [9.17, 15) is 0 Å². The van der Waals surface area contributed by atoms with Gasteiger partial charge in [-0.25, -0.2) is 0 Å². The molecule has 0 radical (unpaired) electrons. The Balaban J connectivity index is 2.77. The molecule has 0 fully saturated rings. The molecular weight excluding hydrogens is 158 g/mol. The molecule has 1 aromatic carbocycles. The summed E-state index contributed by atoms with van der Waals surface area (Å²) in [6.45, 7) is 8.68.